The maximum Gasteiger partial charge on any atom is 0.323 e. The van der Waals surface area contributed by atoms with Gasteiger partial charge in [0.1, 0.15) is 12.1 Å². The Bertz CT molecular complexity index is 558. The second kappa shape index (κ2) is 5.14. The molecule has 1 aliphatic heterocycles. The van der Waals surface area contributed by atoms with E-state index in [1.807, 2.05) is 0 Å². The van der Waals surface area contributed by atoms with E-state index in [4.69, 9.17) is 9.47 Å². The van der Waals surface area contributed by atoms with E-state index in [1.165, 1.54) is 13.8 Å². The van der Waals surface area contributed by atoms with Gasteiger partial charge in [-0.1, -0.05) is 13.8 Å². The Balaban J connectivity index is 1.78. The van der Waals surface area contributed by atoms with Crippen molar-refractivity contribution in [3.05, 3.63) is 0 Å². The van der Waals surface area contributed by atoms with Gasteiger partial charge in [-0.2, -0.15) is 8.78 Å². The highest BCUT2D eigenvalue weighted by Gasteiger charge is 2.65. The Labute approximate surface area is 131 Å². The molecule has 3 aliphatic rings. The maximum atomic E-state index is 13.7. The Morgan fingerprint density at radius 3 is 2.57 bits per heavy atom. The molecule has 3 fully saturated rings. The number of esters is 2. The number of carboxylic acids is 1. The average Bonchev–Trinajstić information content (AvgIpc) is 3.04. The summed E-state index contributed by atoms with van der Waals surface area (Å²) in [7, 11) is 0. The van der Waals surface area contributed by atoms with E-state index < -0.39 is 47.7 Å². The number of halogens is 2. The van der Waals surface area contributed by atoms with Crippen LogP contribution in [0.2, 0.25) is 0 Å². The van der Waals surface area contributed by atoms with Gasteiger partial charge >= 0.3 is 17.9 Å². The number of hydrogen-bond acceptors (Lipinski definition) is 6. The van der Waals surface area contributed by atoms with Crippen LogP contribution >= 0.6 is 0 Å². The van der Waals surface area contributed by atoms with E-state index in [0.29, 0.717) is 12.8 Å². The van der Waals surface area contributed by atoms with Crippen molar-refractivity contribution in [3.8, 4) is 0 Å². The molecule has 2 saturated carbocycles. The van der Waals surface area contributed by atoms with Crippen molar-refractivity contribution < 1.29 is 37.7 Å². The lowest BCUT2D eigenvalue weighted by molar-refractivity contribution is -0.337. The lowest BCUT2D eigenvalue weighted by atomic mass is 9.80. The number of fused-ring (bicyclic) bond motifs is 1. The number of rotatable bonds is 5. The van der Waals surface area contributed by atoms with Crippen LogP contribution in [0.3, 0.4) is 0 Å². The van der Waals surface area contributed by atoms with Crippen molar-refractivity contribution in [2.24, 2.45) is 29.6 Å². The van der Waals surface area contributed by atoms with Crippen LogP contribution in [0.1, 0.15) is 26.7 Å². The molecule has 0 aromatic heterocycles. The molecule has 2 aliphatic carbocycles. The summed E-state index contributed by atoms with van der Waals surface area (Å²) >= 11 is 0. The molecule has 0 N–H and O–H groups in total. The molecule has 23 heavy (non-hydrogen) atoms. The summed E-state index contributed by atoms with van der Waals surface area (Å²) in [5, 5.41) is 10.6. The van der Waals surface area contributed by atoms with Gasteiger partial charge in [0.15, 0.2) is 6.10 Å². The zero-order chi connectivity index (χ0) is 17.1. The monoisotopic (exact) mass is 331 g/mol. The molecule has 0 aromatic rings. The molecule has 6 unspecified atom stereocenters. The van der Waals surface area contributed by atoms with Gasteiger partial charge < -0.3 is 19.4 Å². The zero-order valence-corrected chi connectivity index (χ0v) is 12.7. The molecular formula is C15H17F2O6-. The summed E-state index contributed by atoms with van der Waals surface area (Å²) < 4.78 is 37.5. The first-order chi connectivity index (χ1) is 10.6. The van der Waals surface area contributed by atoms with Crippen molar-refractivity contribution in [2.75, 3.05) is 0 Å². The highest BCUT2D eigenvalue weighted by molar-refractivity contribution is 5.86. The third-order valence-electron chi connectivity index (χ3n) is 5.23. The molecule has 1 heterocycles. The third kappa shape index (κ3) is 2.30. The molecule has 0 aromatic carbocycles. The quantitative estimate of drug-likeness (QED) is 0.665. The molecule has 3 rings (SSSR count). The number of alkyl halides is 2. The summed E-state index contributed by atoms with van der Waals surface area (Å²) in [5.41, 5.74) is 0. The highest BCUT2D eigenvalue weighted by atomic mass is 19.3. The minimum atomic E-state index is -4.29. The second-order valence-electron chi connectivity index (χ2n) is 6.93. The molecule has 0 spiro atoms. The van der Waals surface area contributed by atoms with Gasteiger partial charge in [0.2, 0.25) is 0 Å². The van der Waals surface area contributed by atoms with Crippen molar-refractivity contribution in [1.82, 2.24) is 0 Å². The molecular weight excluding hydrogens is 314 g/mol. The molecule has 1 saturated heterocycles. The van der Waals surface area contributed by atoms with E-state index in [2.05, 4.69) is 0 Å². The minimum Gasteiger partial charge on any atom is -0.544 e. The van der Waals surface area contributed by atoms with Gasteiger partial charge in [-0.15, -0.1) is 0 Å². The molecule has 6 nitrogen and oxygen atoms in total. The average molecular weight is 331 g/mol. The lowest BCUT2D eigenvalue weighted by Gasteiger charge is -2.32. The molecule has 0 amide bonds. The van der Waals surface area contributed by atoms with E-state index in [9.17, 15) is 28.3 Å². The summed E-state index contributed by atoms with van der Waals surface area (Å²) in [6.45, 7) is 2.66. The fourth-order valence-corrected chi connectivity index (χ4v) is 4.27. The first-order valence-corrected chi connectivity index (χ1v) is 7.64. The largest absolute Gasteiger partial charge is 0.544 e. The molecule has 2 bridgehead atoms. The lowest BCUT2D eigenvalue weighted by Crippen LogP contribution is -2.54. The smallest absolute Gasteiger partial charge is 0.323 e. The van der Waals surface area contributed by atoms with Gasteiger partial charge in [-0.05, 0) is 24.7 Å². The van der Waals surface area contributed by atoms with E-state index in [1.54, 1.807) is 0 Å². The molecule has 8 heteroatoms. The van der Waals surface area contributed by atoms with Gasteiger partial charge in [-0.3, -0.25) is 9.59 Å². The van der Waals surface area contributed by atoms with Crippen molar-refractivity contribution in [1.29, 1.82) is 0 Å². The maximum absolute atomic E-state index is 13.7. The highest BCUT2D eigenvalue weighted by Crippen LogP contribution is 2.58. The summed E-state index contributed by atoms with van der Waals surface area (Å²) in [6, 6.07) is 0. The van der Waals surface area contributed by atoms with Crippen LogP contribution in [0.25, 0.3) is 0 Å². The van der Waals surface area contributed by atoms with Crippen LogP contribution in [0, 0.1) is 29.6 Å². The zero-order valence-electron chi connectivity index (χ0n) is 12.7. The van der Waals surface area contributed by atoms with Crippen LogP contribution < -0.4 is 5.11 Å². The first kappa shape index (κ1) is 16.1. The fraction of sp³-hybridized carbons (Fsp3) is 0.800. The predicted molar refractivity (Wildman–Crippen MR) is 67.7 cm³/mol. The number of carboxylic acid groups (broad SMARTS) is 1. The molecule has 0 radical (unpaired) electrons. The second-order valence-corrected chi connectivity index (χ2v) is 6.93. The van der Waals surface area contributed by atoms with Crippen molar-refractivity contribution in [3.63, 3.8) is 0 Å². The van der Waals surface area contributed by atoms with Crippen LogP contribution in [0.5, 0.6) is 0 Å². The number of aliphatic carboxylic acids is 1. The fourth-order valence-electron chi connectivity index (χ4n) is 4.27. The van der Waals surface area contributed by atoms with Crippen molar-refractivity contribution >= 4 is 17.9 Å². The Morgan fingerprint density at radius 1 is 1.35 bits per heavy atom. The SMILES string of the molecule is CC(C)C(OC(=O)C1C2CC3OC(=O)C1C3C2)C(F)(F)C(=O)[O-]. The van der Waals surface area contributed by atoms with Gasteiger partial charge in [0.05, 0.1) is 11.8 Å². The van der Waals surface area contributed by atoms with Crippen LogP contribution in [0.15, 0.2) is 0 Å². The molecule has 6 atom stereocenters. The van der Waals surface area contributed by atoms with E-state index >= 15 is 0 Å². The minimum absolute atomic E-state index is 0.0656. The van der Waals surface area contributed by atoms with Crippen LogP contribution in [-0.2, 0) is 23.9 Å². The standard InChI is InChI=1S/C15H18F2O6/c1-5(2)11(15(16,17)14(20)21)23-12(18)9-6-3-7-8(4-6)22-13(19)10(7)9/h5-11H,3-4H2,1-2H3,(H,20,21)/p-1. The normalized spacial score (nSPS) is 36.2. The number of hydrogen-bond donors (Lipinski definition) is 0. The first-order valence-electron chi connectivity index (χ1n) is 7.64. The summed E-state index contributed by atoms with van der Waals surface area (Å²) in [4.78, 5) is 34.9. The van der Waals surface area contributed by atoms with Crippen LogP contribution in [0.4, 0.5) is 8.78 Å². The molecule has 128 valence electrons. The van der Waals surface area contributed by atoms with E-state index in [-0.39, 0.29) is 17.9 Å². The number of carbonyl (C=O) groups is 3. The van der Waals surface area contributed by atoms with Gasteiger partial charge in [0.25, 0.3) is 0 Å². The Kier molecular flexibility index (Phi) is 3.61. The predicted octanol–water partition coefficient (Wildman–Crippen LogP) is 0.137. The summed E-state index contributed by atoms with van der Waals surface area (Å²) in [5.74, 6) is -10.9. The van der Waals surface area contributed by atoms with Gasteiger partial charge in [0, 0.05) is 5.92 Å². The number of carbonyl (C=O) groups excluding carboxylic acids is 3. The third-order valence-corrected chi connectivity index (χ3v) is 5.23. The van der Waals surface area contributed by atoms with Crippen LogP contribution in [-0.4, -0.2) is 36.0 Å². The Hall–Kier alpha value is -1.73. The Morgan fingerprint density at radius 2 is 2.00 bits per heavy atom. The van der Waals surface area contributed by atoms with E-state index in [0.717, 1.165) is 0 Å². The van der Waals surface area contributed by atoms with Crippen molar-refractivity contribution in [2.45, 2.75) is 44.8 Å². The topological polar surface area (TPSA) is 92.7 Å². The summed E-state index contributed by atoms with van der Waals surface area (Å²) in [6.07, 6.45) is -1.17. The number of ether oxygens (including phenoxy) is 2. The van der Waals surface area contributed by atoms with Gasteiger partial charge in [-0.25, -0.2) is 0 Å².